The Morgan fingerprint density at radius 2 is 1.94 bits per heavy atom. The molecule has 0 unspecified atom stereocenters. The number of nitrogens with zero attached hydrogens (tertiary/aromatic N) is 2. The van der Waals surface area contributed by atoms with Gasteiger partial charge in [-0.25, -0.2) is 4.79 Å². The monoisotopic (exact) mass is 255 g/mol. The topological polar surface area (TPSA) is 44.8 Å². The SMILES string of the molecule is CN(C)CCOC1CCN(C(=O)NC2CC2)CC1. The summed E-state index contributed by atoms with van der Waals surface area (Å²) in [6, 6.07) is 0.566. The van der Waals surface area contributed by atoms with E-state index in [0.717, 1.165) is 51.9 Å². The van der Waals surface area contributed by atoms with Crippen LogP contribution in [0.25, 0.3) is 0 Å². The van der Waals surface area contributed by atoms with Gasteiger partial charge < -0.3 is 19.9 Å². The number of rotatable bonds is 5. The van der Waals surface area contributed by atoms with Gasteiger partial charge in [-0.3, -0.25) is 0 Å². The van der Waals surface area contributed by atoms with Gasteiger partial charge in [-0.1, -0.05) is 0 Å². The molecule has 1 aliphatic heterocycles. The molecule has 0 bridgehead atoms. The number of hydrogen-bond acceptors (Lipinski definition) is 3. The third kappa shape index (κ3) is 4.46. The summed E-state index contributed by atoms with van der Waals surface area (Å²) in [4.78, 5) is 15.9. The summed E-state index contributed by atoms with van der Waals surface area (Å²) in [5.41, 5.74) is 0. The van der Waals surface area contributed by atoms with E-state index in [1.807, 2.05) is 19.0 Å². The fraction of sp³-hybridized carbons (Fsp3) is 0.923. The lowest BCUT2D eigenvalue weighted by molar-refractivity contribution is 0.00911. The molecule has 0 radical (unpaired) electrons. The molecule has 18 heavy (non-hydrogen) atoms. The third-order valence-corrected chi connectivity index (χ3v) is 3.53. The summed E-state index contributed by atoms with van der Waals surface area (Å²) in [5.74, 6) is 0. The number of piperidine rings is 1. The zero-order valence-corrected chi connectivity index (χ0v) is 11.5. The molecule has 1 N–H and O–H groups in total. The summed E-state index contributed by atoms with van der Waals surface area (Å²) < 4.78 is 5.82. The minimum Gasteiger partial charge on any atom is -0.377 e. The first kappa shape index (κ1) is 13.6. The van der Waals surface area contributed by atoms with Crippen molar-refractivity contribution in [1.29, 1.82) is 0 Å². The second kappa shape index (κ2) is 6.38. The van der Waals surface area contributed by atoms with Crippen LogP contribution in [-0.4, -0.2) is 68.3 Å². The normalized spacial score (nSPS) is 21.4. The second-order valence-electron chi connectivity index (χ2n) is 5.58. The molecule has 0 atom stereocenters. The van der Waals surface area contributed by atoms with Crippen LogP contribution in [-0.2, 0) is 4.74 Å². The Morgan fingerprint density at radius 1 is 1.28 bits per heavy atom. The maximum Gasteiger partial charge on any atom is 0.317 e. The van der Waals surface area contributed by atoms with Crippen LogP contribution in [0.5, 0.6) is 0 Å². The lowest BCUT2D eigenvalue weighted by Gasteiger charge is -2.32. The maximum atomic E-state index is 11.8. The minimum absolute atomic E-state index is 0.115. The highest BCUT2D eigenvalue weighted by Gasteiger charge is 2.28. The second-order valence-corrected chi connectivity index (χ2v) is 5.58. The molecule has 2 amide bonds. The van der Waals surface area contributed by atoms with Crippen LogP contribution < -0.4 is 5.32 Å². The molecule has 0 aromatic heterocycles. The maximum absolute atomic E-state index is 11.8. The lowest BCUT2D eigenvalue weighted by atomic mass is 10.1. The average molecular weight is 255 g/mol. The van der Waals surface area contributed by atoms with Crippen molar-refractivity contribution in [2.24, 2.45) is 0 Å². The number of likely N-dealkylation sites (tertiary alicyclic amines) is 1. The standard InChI is InChI=1S/C13H25N3O2/c1-15(2)9-10-18-12-5-7-16(8-6-12)13(17)14-11-3-4-11/h11-12H,3-10H2,1-2H3,(H,14,17). The highest BCUT2D eigenvalue weighted by Crippen LogP contribution is 2.20. The van der Waals surface area contributed by atoms with Crippen LogP contribution in [0.15, 0.2) is 0 Å². The summed E-state index contributed by atoms with van der Waals surface area (Å²) >= 11 is 0. The molecule has 5 nitrogen and oxygen atoms in total. The Labute approximate surface area is 109 Å². The van der Waals surface area contributed by atoms with E-state index >= 15 is 0 Å². The van der Waals surface area contributed by atoms with Crippen molar-refractivity contribution in [3.8, 4) is 0 Å². The number of urea groups is 1. The van der Waals surface area contributed by atoms with Crippen LogP contribution >= 0.6 is 0 Å². The number of amides is 2. The van der Waals surface area contributed by atoms with Gasteiger partial charge in [0.2, 0.25) is 0 Å². The molecular weight excluding hydrogens is 230 g/mol. The van der Waals surface area contributed by atoms with E-state index in [9.17, 15) is 4.79 Å². The Bertz CT molecular complexity index is 271. The molecule has 0 aromatic carbocycles. The molecule has 2 fully saturated rings. The molecule has 1 saturated heterocycles. The van der Waals surface area contributed by atoms with Gasteiger partial charge in [0.1, 0.15) is 0 Å². The molecule has 1 heterocycles. The van der Waals surface area contributed by atoms with Crippen molar-refractivity contribution in [2.45, 2.75) is 37.8 Å². The van der Waals surface area contributed by atoms with Crippen molar-refractivity contribution >= 4 is 6.03 Å². The van der Waals surface area contributed by atoms with E-state index in [1.165, 1.54) is 0 Å². The molecule has 104 valence electrons. The Hall–Kier alpha value is -0.810. The van der Waals surface area contributed by atoms with Crippen LogP contribution in [0.1, 0.15) is 25.7 Å². The van der Waals surface area contributed by atoms with E-state index < -0.39 is 0 Å². The smallest absolute Gasteiger partial charge is 0.317 e. The van der Waals surface area contributed by atoms with Crippen LogP contribution in [0, 0.1) is 0 Å². The van der Waals surface area contributed by atoms with E-state index in [-0.39, 0.29) is 6.03 Å². The van der Waals surface area contributed by atoms with E-state index in [2.05, 4.69) is 10.2 Å². The predicted molar refractivity (Wildman–Crippen MR) is 70.7 cm³/mol. The lowest BCUT2D eigenvalue weighted by Crippen LogP contribution is -2.46. The zero-order valence-electron chi connectivity index (χ0n) is 11.5. The van der Waals surface area contributed by atoms with Gasteiger partial charge in [0.05, 0.1) is 12.7 Å². The largest absolute Gasteiger partial charge is 0.377 e. The van der Waals surface area contributed by atoms with Gasteiger partial charge in [-0.05, 0) is 39.8 Å². The zero-order chi connectivity index (χ0) is 13.0. The van der Waals surface area contributed by atoms with Gasteiger partial charge in [0.25, 0.3) is 0 Å². The van der Waals surface area contributed by atoms with Gasteiger partial charge in [0.15, 0.2) is 0 Å². The quantitative estimate of drug-likeness (QED) is 0.794. The average Bonchev–Trinajstić information content (AvgIpc) is 3.13. The van der Waals surface area contributed by atoms with Crippen molar-refractivity contribution in [3.05, 3.63) is 0 Å². The molecule has 2 aliphatic rings. The van der Waals surface area contributed by atoms with Crippen molar-refractivity contribution in [2.75, 3.05) is 40.3 Å². The van der Waals surface area contributed by atoms with Crippen LogP contribution in [0.2, 0.25) is 0 Å². The fourth-order valence-electron chi connectivity index (χ4n) is 2.12. The molecular formula is C13H25N3O2. The summed E-state index contributed by atoms with van der Waals surface area (Å²) in [6.07, 6.45) is 4.55. The molecule has 1 saturated carbocycles. The molecule has 0 aromatic rings. The summed E-state index contributed by atoms with van der Waals surface area (Å²) in [7, 11) is 4.10. The Morgan fingerprint density at radius 3 is 2.50 bits per heavy atom. The fourth-order valence-corrected chi connectivity index (χ4v) is 2.12. The van der Waals surface area contributed by atoms with E-state index in [4.69, 9.17) is 4.74 Å². The van der Waals surface area contributed by atoms with E-state index in [1.54, 1.807) is 0 Å². The predicted octanol–water partition coefficient (Wildman–Crippen LogP) is 0.901. The highest BCUT2D eigenvalue weighted by molar-refractivity contribution is 5.74. The summed E-state index contributed by atoms with van der Waals surface area (Å²) in [5, 5.41) is 3.04. The number of carbonyl (C=O) groups is 1. The van der Waals surface area contributed by atoms with Crippen molar-refractivity contribution in [1.82, 2.24) is 15.1 Å². The number of nitrogens with one attached hydrogen (secondary N) is 1. The van der Waals surface area contributed by atoms with Crippen molar-refractivity contribution in [3.63, 3.8) is 0 Å². The van der Waals surface area contributed by atoms with Crippen molar-refractivity contribution < 1.29 is 9.53 Å². The minimum atomic E-state index is 0.115. The highest BCUT2D eigenvalue weighted by atomic mass is 16.5. The number of carbonyl (C=O) groups excluding carboxylic acids is 1. The molecule has 5 heteroatoms. The third-order valence-electron chi connectivity index (χ3n) is 3.53. The summed E-state index contributed by atoms with van der Waals surface area (Å²) in [6.45, 7) is 3.39. The van der Waals surface area contributed by atoms with Crippen LogP contribution in [0.4, 0.5) is 4.79 Å². The van der Waals surface area contributed by atoms with E-state index in [0.29, 0.717) is 12.1 Å². The Kier molecular flexibility index (Phi) is 4.83. The first-order chi connectivity index (χ1) is 8.65. The first-order valence-corrected chi connectivity index (χ1v) is 6.97. The van der Waals surface area contributed by atoms with Gasteiger partial charge >= 0.3 is 6.03 Å². The molecule has 2 rings (SSSR count). The first-order valence-electron chi connectivity index (χ1n) is 6.97. The number of likely N-dealkylation sites (N-methyl/N-ethyl adjacent to an activating group) is 1. The number of hydrogen-bond donors (Lipinski definition) is 1. The van der Waals surface area contributed by atoms with Gasteiger partial charge in [0, 0.05) is 25.7 Å². The van der Waals surface area contributed by atoms with Gasteiger partial charge in [-0.15, -0.1) is 0 Å². The van der Waals surface area contributed by atoms with Crippen LogP contribution in [0.3, 0.4) is 0 Å². The molecule has 1 aliphatic carbocycles. The van der Waals surface area contributed by atoms with Gasteiger partial charge in [-0.2, -0.15) is 0 Å². The molecule has 0 spiro atoms. The Balaban J connectivity index is 1.59. The number of ether oxygens (including phenoxy) is 1.